The number of rotatable bonds is 9. The Morgan fingerprint density at radius 3 is 2.89 bits per heavy atom. The fraction of sp³-hybridized carbons (Fsp3) is 0.619. The molecule has 0 radical (unpaired) electrons. The Balaban J connectivity index is 1.81. The largest absolute Gasteiger partial charge is 0.493 e. The molecule has 7 heteroatoms. The number of guanidine groups is 1. The third-order valence-electron chi connectivity index (χ3n) is 4.97. The van der Waals surface area contributed by atoms with Crippen LogP contribution in [0, 0.1) is 5.92 Å². The van der Waals surface area contributed by atoms with Crippen molar-refractivity contribution in [1.82, 2.24) is 10.2 Å². The number of ether oxygens (including phenoxy) is 2. The molecule has 1 atom stereocenters. The summed E-state index contributed by atoms with van der Waals surface area (Å²) in [6, 6.07) is 6.09. The molecule has 3 N–H and O–H groups in total. The molecule has 1 saturated heterocycles. The molecule has 0 bridgehead atoms. The van der Waals surface area contributed by atoms with Gasteiger partial charge < -0.3 is 25.4 Å². The Kier molecular flexibility index (Phi) is 8.91. The highest BCUT2D eigenvalue weighted by molar-refractivity contribution is 5.80. The average molecular weight is 391 g/mol. The first kappa shape index (κ1) is 21.9. The molecule has 1 heterocycles. The Hall–Kier alpha value is -2.44. The summed E-state index contributed by atoms with van der Waals surface area (Å²) in [4.78, 5) is 17.8. The lowest BCUT2D eigenvalue weighted by atomic mass is 9.95. The Morgan fingerprint density at radius 1 is 1.39 bits per heavy atom. The van der Waals surface area contributed by atoms with Crippen molar-refractivity contribution in [3.63, 3.8) is 0 Å². The van der Waals surface area contributed by atoms with E-state index in [4.69, 9.17) is 15.2 Å². The molecule has 1 amide bonds. The Morgan fingerprint density at radius 2 is 2.21 bits per heavy atom. The number of hydrogen-bond donors (Lipinski definition) is 2. The van der Waals surface area contributed by atoms with Crippen LogP contribution in [-0.2, 0) is 11.2 Å². The van der Waals surface area contributed by atoms with Gasteiger partial charge in [-0.25, -0.2) is 0 Å². The van der Waals surface area contributed by atoms with Crippen molar-refractivity contribution in [2.75, 3.05) is 40.4 Å². The lowest BCUT2D eigenvalue weighted by molar-refractivity contribution is -0.119. The van der Waals surface area contributed by atoms with Crippen molar-refractivity contribution in [3.05, 3.63) is 23.8 Å². The summed E-state index contributed by atoms with van der Waals surface area (Å²) in [5, 5.41) is 3.45. The van der Waals surface area contributed by atoms with E-state index in [-0.39, 0.29) is 5.91 Å². The predicted octanol–water partition coefficient (Wildman–Crippen LogP) is 2.19. The summed E-state index contributed by atoms with van der Waals surface area (Å²) in [6.07, 6.45) is 4.49. The van der Waals surface area contributed by atoms with Gasteiger partial charge in [-0.2, -0.15) is 0 Å². The summed E-state index contributed by atoms with van der Waals surface area (Å²) in [7, 11) is 3.46. The molecule has 1 fully saturated rings. The van der Waals surface area contributed by atoms with Crippen molar-refractivity contribution in [2.24, 2.45) is 16.6 Å². The molecule has 7 nitrogen and oxygen atoms in total. The van der Waals surface area contributed by atoms with Crippen LogP contribution in [0.5, 0.6) is 11.5 Å². The van der Waals surface area contributed by atoms with E-state index < -0.39 is 0 Å². The number of hydrogen-bond acceptors (Lipinski definition) is 4. The molecule has 1 unspecified atom stereocenters. The standard InChI is InChI=1S/C21H34N4O3/c1-4-28-19-13-16(9-10-18(19)27-3)7-5-11-24-21(23-2)25-12-6-8-17(15-25)14-20(22)26/h9-10,13,17H,4-8,11-12,14-15H2,1-3H3,(H2,22,26)(H,23,24). The summed E-state index contributed by atoms with van der Waals surface area (Å²) < 4.78 is 11.0. The Labute approximate surface area is 168 Å². The van der Waals surface area contributed by atoms with Gasteiger partial charge in [0.2, 0.25) is 5.91 Å². The van der Waals surface area contributed by atoms with E-state index in [1.54, 1.807) is 14.2 Å². The number of aryl methyl sites for hydroxylation is 1. The summed E-state index contributed by atoms with van der Waals surface area (Å²) in [6.45, 7) is 5.21. The van der Waals surface area contributed by atoms with Crippen LogP contribution in [0.1, 0.15) is 38.2 Å². The van der Waals surface area contributed by atoms with E-state index in [1.165, 1.54) is 5.56 Å². The van der Waals surface area contributed by atoms with E-state index in [9.17, 15) is 4.79 Å². The fourth-order valence-electron chi connectivity index (χ4n) is 3.68. The van der Waals surface area contributed by atoms with Gasteiger partial charge in [-0.3, -0.25) is 9.79 Å². The number of piperidine rings is 1. The second kappa shape index (κ2) is 11.4. The number of likely N-dealkylation sites (tertiary alicyclic amines) is 1. The summed E-state index contributed by atoms with van der Waals surface area (Å²) >= 11 is 0. The molecule has 156 valence electrons. The van der Waals surface area contributed by atoms with Crippen LogP contribution < -0.4 is 20.5 Å². The first-order chi connectivity index (χ1) is 13.6. The van der Waals surface area contributed by atoms with Crippen LogP contribution >= 0.6 is 0 Å². The average Bonchev–Trinajstić information content (AvgIpc) is 2.68. The second-order valence-electron chi connectivity index (χ2n) is 7.12. The van der Waals surface area contributed by atoms with Crippen molar-refractivity contribution in [3.8, 4) is 11.5 Å². The molecule has 0 aliphatic carbocycles. The highest BCUT2D eigenvalue weighted by Crippen LogP contribution is 2.28. The number of carbonyl (C=O) groups excluding carboxylic acids is 1. The van der Waals surface area contributed by atoms with Crippen LogP contribution in [0.15, 0.2) is 23.2 Å². The quantitative estimate of drug-likeness (QED) is 0.383. The predicted molar refractivity (Wildman–Crippen MR) is 112 cm³/mol. The summed E-state index contributed by atoms with van der Waals surface area (Å²) in [5.41, 5.74) is 6.58. The number of carbonyl (C=O) groups is 1. The summed E-state index contributed by atoms with van der Waals surface area (Å²) in [5.74, 6) is 2.56. The van der Waals surface area contributed by atoms with Crippen molar-refractivity contribution in [1.29, 1.82) is 0 Å². The SMILES string of the molecule is CCOc1cc(CCCNC(=NC)N2CCCC(CC(N)=O)C2)ccc1OC. The number of methoxy groups -OCH3 is 1. The first-order valence-electron chi connectivity index (χ1n) is 10.1. The smallest absolute Gasteiger partial charge is 0.217 e. The normalized spacial score (nSPS) is 17.3. The van der Waals surface area contributed by atoms with E-state index in [0.29, 0.717) is 18.9 Å². The zero-order valence-corrected chi connectivity index (χ0v) is 17.4. The van der Waals surface area contributed by atoms with Crippen LogP contribution in [0.3, 0.4) is 0 Å². The lowest BCUT2D eigenvalue weighted by Crippen LogP contribution is -2.47. The molecular formula is C21H34N4O3. The maximum absolute atomic E-state index is 11.2. The minimum Gasteiger partial charge on any atom is -0.493 e. The van der Waals surface area contributed by atoms with E-state index >= 15 is 0 Å². The zero-order chi connectivity index (χ0) is 20.4. The van der Waals surface area contributed by atoms with E-state index in [0.717, 1.165) is 62.8 Å². The number of nitrogens with one attached hydrogen (secondary N) is 1. The number of nitrogens with zero attached hydrogens (tertiary/aromatic N) is 2. The highest BCUT2D eigenvalue weighted by Gasteiger charge is 2.23. The Bertz CT molecular complexity index is 663. The maximum atomic E-state index is 11.2. The molecule has 0 aromatic heterocycles. The van der Waals surface area contributed by atoms with Gasteiger partial charge in [0.15, 0.2) is 17.5 Å². The number of aliphatic imine (C=N–C) groups is 1. The number of primary amides is 1. The molecular weight excluding hydrogens is 356 g/mol. The van der Waals surface area contributed by atoms with Gasteiger partial charge in [0.1, 0.15) is 0 Å². The van der Waals surface area contributed by atoms with Crippen molar-refractivity contribution in [2.45, 2.75) is 39.0 Å². The highest BCUT2D eigenvalue weighted by atomic mass is 16.5. The van der Waals surface area contributed by atoms with Crippen molar-refractivity contribution >= 4 is 11.9 Å². The van der Waals surface area contributed by atoms with Gasteiger partial charge in [-0.1, -0.05) is 6.07 Å². The van der Waals surface area contributed by atoms with Crippen LogP contribution in [0.25, 0.3) is 0 Å². The molecule has 1 aliphatic heterocycles. The number of benzene rings is 1. The van der Waals surface area contributed by atoms with Crippen LogP contribution in [0.2, 0.25) is 0 Å². The monoisotopic (exact) mass is 390 g/mol. The van der Waals surface area contributed by atoms with Gasteiger partial charge in [0.25, 0.3) is 0 Å². The maximum Gasteiger partial charge on any atom is 0.217 e. The second-order valence-corrected chi connectivity index (χ2v) is 7.12. The van der Waals surface area contributed by atoms with Gasteiger partial charge in [-0.15, -0.1) is 0 Å². The van der Waals surface area contributed by atoms with E-state index in [1.807, 2.05) is 13.0 Å². The van der Waals surface area contributed by atoms with E-state index in [2.05, 4.69) is 27.3 Å². The van der Waals surface area contributed by atoms with Gasteiger partial charge in [-0.05, 0) is 56.2 Å². The third-order valence-corrected chi connectivity index (χ3v) is 4.97. The minimum atomic E-state index is -0.222. The fourth-order valence-corrected chi connectivity index (χ4v) is 3.68. The third kappa shape index (κ3) is 6.62. The molecule has 1 aliphatic rings. The van der Waals surface area contributed by atoms with Crippen molar-refractivity contribution < 1.29 is 14.3 Å². The lowest BCUT2D eigenvalue weighted by Gasteiger charge is -2.34. The minimum absolute atomic E-state index is 0.222. The number of amides is 1. The van der Waals surface area contributed by atoms with Gasteiger partial charge >= 0.3 is 0 Å². The first-order valence-corrected chi connectivity index (χ1v) is 10.1. The van der Waals surface area contributed by atoms with Gasteiger partial charge in [0, 0.05) is 33.1 Å². The molecule has 1 aromatic carbocycles. The number of nitrogens with two attached hydrogens (primary N) is 1. The topological polar surface area (TPSA) is 89.2 Å². The molecule has 1 aromatic rings. The molecule has 0 spiro atoms. The molecule has 0 saturated carbocycles. The molecule has 2 rings (SSSR count). The molecule has 28 heavy (non-hydrogen) atoms. The van der Waals surface area contributed by atoms with Crippen LogP contribution in [0.4, 0.5) is 0 Å². The zero-order valence-electron chi connectivity index (χ0n) is 17.4. The van der Waals surface area contributed by atoms with Crippen LogP contribution in [-0.4, -0.2) is 57.2 Å². The van der Waals surface area contributed by atoms with Gasteiger partial charge in [0.05, 0.1) is 13.7 Å².